The number of carbonyl (C=O) groups is 1. The lowest BCUT2D eigenvalue weighted by Crippen LogP contribution is -2.12. The third kappa shape index (κ3) is 6.22. The van der Waals surface area contributed by atoms with Gasteiger partial charge >= 0.3 is 0 Å². The van der Waals surface area contributed by atoms with Gasteiger partial charge in [-0.3, -0.25) is 4.79 Å². The summed E-state index contributed by atoms with van der Waals surface area (Å²) in [6.45, 7) is 4.60. The smallest absolute Gasteiger partial charge is 0.255 e. The van der Waals surface area contributed by atoms with E-state index in [-0.39, 0.29) is 5.91 Å². The number of carbonyl (C=O) groups excluding carboxylic acids is 1. The molecule has 3 rings (SSSR count). The van der Waals surface area contributed by atoms with E-state index >= 15 is 0 Å². The van der Waals surface area contributed by atoms with Gasteiger partial charge in [-0.1, -0.05) is 49.1 Å². The Bertz CT molecular complexity index is 973. The van der Waals surface area contributed by atoms with Crippen molar-refractivity contribution in [1.82, 2.24) is 0 Å². The number of hydrogen-bond acceptors (Lipinski definition) is 3. The van der Waals surface area contributed by atoms with Crippen LogP contribution in [0.15, 0.2) is 89.9 Å². The largest absolute Gasteiger partial charge is 0.492 e. The molecule has 0 saturated carbocycles. The van der Waals surface area contributed by atoms with E-state index in [0.29, 0.717) is 36.0 Å². The van der Waals surface area contributed by atoms with E-state index in [1.165, 1.54) is 5.56 Å². The topological polar surface area (TPSA) is 47.6 Å². The lowest BCUT2D eigenvalue weighted by molar-refractivity contribution is 0.102. The number of nitrogens with one attached hydrogen (secondary N) is 1. The molecule has 1 amide bonds. The fraction of sp³-hybridized carbons (Fsp3) is 0.125. The van der Waals surface area contributed by atoms with Gasteiger partial charge in [-0.05, 0) is 51.8 Å². The van der Waals surface area contributed by atoms with Gasteiger partial charge in [-0.25, -0.2) is 0 Å². The lowest BCUT2D eigenvalue weighted by Gasteiger charge is -2.11. The molecular weight excluding hydrogens is 430 g/mol. The molecule has 0 unspecified atom stereocenters. The van der Waals surface area contributed by atoms with E-state index < -0.39 is 0 Å². The van der Waals surface area contributed by atoms with Gasteiger partial charge in [-0.2, -0.15) is 0 Å². The molecule has 1 N–H and O–H groups in total. The highest BCUT2D eigenvalue weighted by Crippen LogP contribution is 2.27. The summed E-state index contributed by atoms with van der Waals surface area (Å²) in [6.07, 6.45) is 2.49. The summed E-state index contributed by atoms with van der Waals surface area (Å²) in [7, 11) is 0. The fourth-order valence-corrected chi connectivity index (χ4v) is 3.20. The van der Waals surface area contributed by atoms with Gasteiger partial charge in [-0.15, -0.1) is 0 Å². The van der Waals surface area contributed by atoms with Crippen molar-refractivity contribution in [2.45, 2.75) is 6.42 Å². The molecule has 29 heavy (non-hydrogen) atoms. The van der Waals surface area contributed by atoms with Crippen molar-refractivity contribution < 1.29 is 14.3 Å². The minimum atomic E-state index is -0.206. The SMILES string of the molecule is C=CCOc1cccc(NC(=O)c2ccc(OCCc3ccccc3)c(Br)c2)c1. The zero-order valence-corrected chi connectivity index (χ0v) is 17.5. The Labute approximate surface area is 179 Å². The highest BCUT2D eigenvalue weighted by atomic mass is 79.9. The molecule has 0 heterocycles. The Hall–Kier alpha value is -3.05. The quantitative estimate of drug-likeness (QED) is 0.412. The van der Waals surface area contributed by atoms with Crippen molar-refractivity contribution in [3.05, 3.63) is 101 Å². The van der Waals surface area contributed by atoms with Crippen LogP contribution < -0.4 is 14.8 Å². The van der Waals surface area contributed by atoms with E-state index in [1.54, 1.807) is 30.3 Å². The first kappa shape index (κ1) is 20.7. The summed E-state index contributed by atoms with van der Waals surface area (Å²) in [4.78, 5) is 12.6. The van der Waals surface area contributed by atoms with Crippen LogP contribution in [0, 0.1) is 0 Å². The van der Waals surface area contributed by atoms with Crippen molar-refractivity contribution in [1.29, 1.82) is 0 Å². The molecule has 0 aliphatic heterocycles. The predicted octanol–water partition coefficient (Wildman–Crippen LogP) is 5.89. The fourth-order valence-electron chi connectivity index (χ4n) is 2.70. The summed E-state index contributed by atoms with van der Waals surface area (Å²) < 4.78 is 12.1. The minimum Gasteiger partial charge on any atom is -0.492 e. The number of anilines is 1. The Morgan fingerprint density at radius 1 is 1.00 bits per heavy atom. The zero-order valence-electron chi connectivity index (χ0n) is 15.9. The van der Waals surface area contributed by atoms with Crippen molar-refractivity contribution in [3.63, 3.8) is 0 Å². The highest BCUT2D eigenvalue weighted by molar-refractivity contribution is 9.10. The number of ether oxygens (including phenoxy) is 2. The van der Waals surface area contributed by atoms with E-state index in [1.807, 2.05) is 36.4 Å². The van der Waals surface area contributed by atoms with Crippen molar-refractivity contribution in [3.8, 4) is 11.5 Å². The molecule has 3 aromatic carbocycles. The van der Waals surface area contributed by atoms with Crippen LogP contribution in [0.4, 0.5) is 5.69 Å². The zero-order chi connectivity index (χ0) is 20.5. The summed E-state index contributed by atoms with van der Waals surface area (Å²) in [5, 5.41) is 2.88. The van der Waals surface area contributed by atoms with Crippen LogP contribution in [0.3, 0.4) is 0 Å². The molecule has 0 radical (unpaired) electrons. The van der Waals surface area contributed by atoms with Crippen LogP contribution in [0.1, 0.15) is 15.9 Å². The molecule has 0 spiro atoms. The van der Waals surface area contributed by atoms with Gasteiger partial charge in [0.2, 0.25) is 0 Å². The Morgan fingerprint density at radius 3 is 2.59 bits per heavy atom. The number of benzene rings is 3. The van der Waals surface area contributed by atoms with Crippen LogP contribution in [0.5, 0.6) is 11.5 Å². The maximum Gasteiger partial charge on any atom is 0.255 e. The summed E-state index contributed by atoms with van der Waals surface area (Å²) in [5.74, 6) is 1.17. The van der Waals surface area contributed by atoms with E-state index in [4.69, 9.17) is 9.47 Å². The lowest BCUT2D eigenvalue weighted by atomic mass is 10.1. The van der Waals surface area contributed by atoms with Crippen LogP contribution in [-0.4, -0.2) is 19.1 Å². The summed E-state index contributed by atoms with van der Waals surface area (Å²) in [5.41, 5.74) is 2.42. The monoisotopic (exact) mass is 451 g/mol. The van der Waals surface area contributed by atoms with Crippen molar-refractivity contribution in [2.24, 2.45) is 0 Å². The molecule has 0 aliphatic rings. The normalized spacial score (nSPS) is 10.2. The minimum absolute atomic E-state index is 0.206. The highest BCUT2D eigenvalue weighted by Gasteiger charge is 2.10. The second-order valence-corrected chi connectivity index (χ2v) is 7.17. The average Bonchev–Trinajstić information content (AvgIpc) is 2.74. The van der Waals surface area contributed by atoms with E-state index in [9.17, 15) is 4.79 Å². The molecule has 0 aromatic heterocycles. The first-order valence-corrected chi connectivity index (χ1v) is 10.1. The summed E-state index contributed by atoms with van der Waals surface area (Å²) >= 11 is 3.49. The van der Waals surface area contributed by atoms with Crippen molar-refractivity contribution in [2.75, 3.05) is 18.5 Å². The molecule has 5 heteroatoms. The van der Waals surface area contributed by atoms with Gasteiger partial charge in [0.25, 0.3) is 5.91 Å². The molecule has 0 saturated heterocycles. The van der Waals surface area contributed by atoms with Gasteiger partial charge < -0.3 is 14.8 Å². The van der Waals surface area contributed by atoms with Crippen LogP contribution in [-0.2, 0) is 6.42 Å². The molecular formula is C24H22BrNO3. The van der Waals surface area contributed by atoms with Crippen molar-refractivity contribution >= 4 is 27.5 Å². The predicted molar refractivity (Wildman–Crippen MR) is 120 cm³/mol. The third-order valence-corrected chi connectivity index (χ3v) is 4.76. The second-order valence-electron chi connectivity index (χ2n) is 6.31. The maximum absolute atomic E-state index is 12.6. The Kier molecular flexibility index (Phi) is 7.47. The average molecular weight is 452 g/mol. The number of amides is 1. The molecule has 0 aliphatic carbocycles. The van der Waals surface area contributed by atoms with Crippen LogP contribution in [0.2, 0.25) is 0 Å². The number of halogens is 1. The first-order valence-electron chi connectivity index (χ1n) is 9.27. The van der Waals surface area contributed by atoms with Crippen LogP contribution >= 0.6 is 15.9 Å². The summed E-state index contributed by atoms with van der Waals surface area (Å²) in [6, 6.07) is 22.7. The van der Waals surface area contributed by atoms with E-state index in [2.05, 4.69) is 40.0 Å². The standard InChI is InChI=1S/C24H22BrNO3/c1-2-14-28-21-10-6-9-20(17-21)26-24(27)19-11-12-23(22(25)16-19)29-15-13-18-7-4-3-5-8-18/h2-12,16-17H,1,13-15H2,(H,26,27). The molecule has 148 valence electrons. The maximum atomic E-state index is 12.6. The first-order chi connectivity index (χ1) is 14.2. The molecule has 0 atom stereocenters. The van der Waals surface area contributed by atoms with E-state index in [0.717, 1.165) is 10.9 Å². The molecule has 3 aromatic rings. The number of rotatable bonds is 9. The third-order valence-electron chi connectivity index (χ3n) is 4.14. The van der Waals surface area contributed by atoms with Crippen LogP contribution in [0.25, 0.3) is 0 Å². The molecule has 4 nitrogen and oxygen atoms in total. The van der Waals surface area contributed by atoms with Gasteiger partial charge in [0.15, 0.2) is 0 Å². The second kappa shape index (κ2) is 10.5. The molecule has 0 fully saturated rings. The van der Waals surface area contributed by atoms with Gasteiger partial charge in [0.1, 0.15) is 18.1 Å². The number of hydrogen-bond donors (Lipinski definition) is 1. The van der Waals surface area contributed by atoms with Gasteiger partial charge in [0.05, 0.1) is 11.1 Å². The Balaban J connectivity index is 1.59. The Morgan fingerprint density at radius 2 is 1.83 bits per heavy atom. The van der Waals surface area contributed by atoms with Gasteiger partial charge in [0, 0.05) is 23.7 Å². The molecule has 0 bridgehead atoms.